The van der Waals surface area contributed by atoms with Crippen LogP contribution in [0.4, 0.5) is 4.39 Å². The Labute approximate surface area is 167 Å². The van der Waals surface area contributed by atoms with Crippen molar-refractivity contribution in [3.05, 3.63) is 35.6 Å². The minimum Gasteiger partial charge on any atom is -0.354 e. The SMILES string of the molecule is CC(CC(=O)N1CCCCC1CNC(=O)CCN)Cc1cccc(F)c1.Cl. The van der Waals surface area contributed by atoms with Crippen molar-refractivity contribution < 1.29 is 14.0 Å². The number of nitrogens with zero attached hydrogens (tertiary/aromatic N) is 1. The van der Waals surface area contributed by atoms with Gasteiger partial charge in [-0.1, -0.05) is 19.1 Å². The summed E-state index contributed by atoms with van der Waals surface area (Å²) in [6.45, 7) is 3.58. The average molecular weight is 400 g/mol. The van der Waals surface area contributed by atoms with Gasteiger partial charge in [0.15, 0.2) is 0 Å². The maximum atomic E-state index is 13.3. The zero-order valence-corrected chi connectivity index (χ0v) is 16.8. The van der Waals surface area contributed by atoms with Gasteiger partial charge in [-0.2, -0.15) is 0 Å². The Morgan fingerprint density at radius 1 is 1.37 bits per heavy atom. The number of carbonyl (C=O) groups excluding carboxylic acids is 2. The van der Waals surface area contributed by atoms with E-state index in [1.807, 2.05) is 17.9 Å². The summed E-state index contributed by atoms with van der Waals surface area (Å²) in [5.41, 5.74) is 6.30. The normalized spacial score (nSPS) is 17.7. The van der Waals surface area contributed by atoms with Crippen LogP contribution in [-0.2, 0) is 16.0 Å². The molecule has 2 atom stereocenters. The maximum Gasteiger partial charge on any atom is 0.223 e. The molecule has 152 valence electrons. The lowest BCUT2D eigenvalue weighted by Gasteiger charge is -2.36. The standard InChI is InChI=1S/C20H30FN3O2.ClH/c1-15(11-16-5-4-6-17(21)13-16)12-20(26)24-10-3-2-7-18(24)14-23-19(25)8-9-22;/h4-6,13,15,18H,2-3,7-12,14,22H2,1H3,(H,23,25);1H. The Hall–Kier alpha value is -1.66. The lowest BCUT2D eigenvalue weighted by atomic mass is 9.95. The summed E-state index contributed by atoms with van der Waals surface area (Å²) in [4.78, 5) is 26.3. The molecule has 7 heteroatoms. The molecule has 3 N–H and O–H groups in total. The summed E-state index contributed by atoms with van der Waals surface area (Å²) >= 11 is 0. The summed E-state index contributed by atoms with van der Waals surface area (Å²) in [5.74, 6) is -0.0549. The fraction of sp³-hybridized carbons (Fsp3) is 0.600. The summed E-state index contributed by atoms with van der Waals surface area (Å²) in [7, 11) is 0. The Balaban J connectivity index is 0.00000364. The van der Waals surface area contributed by atoms with Gasteiger partial charge in [0, 0.05) is 38.5 Å². The van der Waals surface area contributed by atoms with E-state index < -0.39 is 0 Å². The van der Waals surface area contributed by atoms with Crippen LogP contribution in [0.2, 0.25) is 0 Å². The Morgan fingerprint density at radius 3 is 2.85 bits per heavy atom. The number of piperidine rings is 1. The lowest BCUT2D eigenvalue weighted by molar-refractivity contribution is -0.136. The third kappa shape index (κ3) is 7.85. The van der Waals surface area contributed by atoms with Crippen molar-refractivity contribution in [1.82, 2.24) is 10.2 Å². The molecule has 0 aromatic heterocycles. The number of nitrogens with two attached hydrogens (primary N) is 1. The van der Waals surface area contributed by atoms with Crippen molar-refractivity contribution in [1.29, 1.82) is 0 Å². The molecule has 0 saturated carbocycles. The fourth-order valence-electron chi connectivity index (χ4n) is 3.55. The number of benzene rings is 1. The number of rotatable bonds is 8. The Morgan fingerprint density at radius 2 is 2.15 bits per heavy atom. The van der Waals surface area contributed by atoms with Crippen molar-refractivity contribution in [2.24, 2.45) is 11.7 Å². The summed E-state index contributed by atoms with van der Waals surface area (Å²) in [6.07, 6.45) is 4.40. The van der Waals surface area contributed by atoms with E-state index in [0.29, 0.717) is 32.4 Å². The van der Waals surface area contributed by atoms with Crippen molar-refractivity contribution >= 4 is 24.2 Å². The molecule has 1 aliphatic rings. The van der Waals surface area contributed by atoms with Crippen LogP contribution in [0.1, 0.15) is 44.6 Å². The van der Waals surface area contributed by atoms with E-state index in [1.54, 1.807) is 6.07 Å². The Bertz CT molecular complexity index is 615. The topological polar surface area (TPSA) is 75.4 Å². The zero-order chi connectivity index (χ0) is 18.9. The molecule has 2 rings (SSSR count). The van der Waals surface area contributed by atoms with Crippen LogP contribution in [0.25, 0.3) is 0 Å². The number of hydrogen-bond donors (Lipinski definition) is 2. The fourth-order valence-corrected chi connectivity index (χ4v) is 3.55. The van der Waals surface area contributed by atoms with Crippen LogP contribution in [0.3, 0.4) is 0 Å². The molecule has 0 radical (unpaired) electrons. The highest BCUT2D eigenvalue weighted by Gasteiger charge is 2.27. The second-order valence-electron chi connectivity index (χ2n) is 7.22. The van der Waals surface area contributed by atoms with Gasteiger partial charge in [0.05, 0.1) is 0 Å². The molecule has 27 heavy (non-hydrogen) atoms. The minimum atomic E-state index is -0.245. The first-order valence-electron chi connectivity index (χ1n) is 9.50. The molecule has 0 aliphatic carbocycles. The molecular formula is C20H31ClFN3O2. The molecule has 1 heterocycles. The molecule has 1 saturated heterocycles. The monoisotopic (exact) mass is 399 g/mol. The van der Waals surface area contributed by atoms with Gasteiger partial charge in [0.2, 0.25) is 11.8 Å². The minimum absolute atomic E-state index is 0. The van der Waals surface area contributed by atoms with Crippen molar-refractivity contribution in [2.75, 3.05) is 19.6 Å². The predicted molar refractivity (Wildman–Crippen MR) is 107 cm³/mol. The van der Waals surface area contributed by atoms with Gasteiger partial charge >= 0.3 is 0 Å². The van der Waals surface area contributed by atoms with Crippen molar-refractivity contribution in [2.45, 2.75) is 51.5 Å². The average Bonchev–Trinajstić information content (AvgIpc) is 2.60. The first-order chi connectivity index (χ1) is 12.5. The summed E-state index contributed by atoms with van der Waals surface area (Å²) in [5, 5.41) is 2.88. The van der Waals surface area contributed by atoms with E-state index in [4.69, 9.17) is 5.73 Å². The number of halogens is 2. The third-order valence-corrected chi connectivity index (χ3v) is 4.85. The molecule has 0 bridgehead atoms. The molecule has 1 aromatic rings. The highest BCUT2D eigenvalue weighted by molar-refractivity contribution is 5.85. The van der Waals surface area contributed by atoms with Gasteiger partial charge < -0.3 is 16.0 Å². The first kappa shape index (κ1) is 23.4. The van der Waals surface area contributed by atoms with Gasteiger partial charge in [-0.15, -0.1) is 12.4 Å². The highest BCUT2D eigenvalue weighted by Crippen LogP contribution is 2.20. The largest absolute Gasteiger partial charge is 0.354 e. The molecule has 1 fully saturated rings. The quantitative estimate of drug-likeness (QED) is 0.705. The first-order valence-corrected chi connectivity index (χ1v) is 9.50. The second-order valence-corrected chi connectivity index (χ2v) is 7.22. The number of carbonyl (C=O) groups is 2. The molecule has 2 amide bonds. The molecular weight excluding hydrogens is 369 g/mol. The number of nitrogens with one attached hydrogen (secondary N) is 1. The van der Waals surface area contributed by atoms with E-state index in [0.717, 1.165) is 31.4 Å². The van der Waals surface area contributed by atoms with E-state index in [-0.39, 0.29) is 42.0 Å². The highest BCUT2D eigenvalue weighted by atomic mass is 35.5. The van der Waals surface area contributed by atoms with E-state index in [1.165, 1.54) is 12.1 Å². The zero-order valence-electron chi connectivity index (χ0n) is 16.0. The van der Waals surface area contributed by atoms with E-state index in [2.05, 4.69) is 5.32 Å². The third-order valence-electron chi connectivity index (χ3n) is 4.85. The maximum absolute atomic E-state index is 13.3. The molecule has 2 unspecified atom stereocenters. The summed E-state index contributed by atoms with van der Waals surface area (Å²) in [6, 6.07) is 6.60. The van der Waals surface area contributed by atoms with E-state index in [9.17, 15) is 14.0 Å². The summed E-state index contributed by atoms with van der Waals surface area (Å²) < 4.78 is 13.3. The number of amides is 2. The second kappa shape index (κ2) is 11.9. The molecule has 0 spiro atoms. The van der Waals surface area contributed by atoms with Crippen LogP contribution in [0.5, 0.6) is 0 Å². The van der Waals surface area contributed by atoms with Gasteiger partial charge in [0.25, 0.3) is 0 Å². The van der Waals surface area contributed by atoms with Gasteiger partial charge in [-0.25, -0.2) is 4.39 Å². The Kier molecular flexibility index (Phi) is 10.3. The lowest BCUT2D eigenvalue weighted by Crippen LogP contribution is -2.49. The van der Waals surface area contributed by atoms with E-state index >= 15 is 0 Å². The molecule has 1 aromatic carbocycles. The number of hydrogen-bond acceptors (Lipinski definition) is 3. The van der Waals surface area contributed by atoms with Crippen LogP contribution in [-0.4, -0.2) is 42.4 Å². The van der Waals surface area contributed by atoms with Crippen LogP contribution >= 0.6 is 12.4 Å². The van der Waals surface area contributed by atoms with Gasteiger partial charge in [-0.05, 0) is 49.3 Å². The smallest absolute Gasteiger partial charge is 0.223 e. The van der Waals surface area contributed by atoms with Crippen LogP contribution < -0.4 is 11.1 Å². The van der Waals surface area contributed by atoms with Crippen LogP contribution in [0.15, 0.2) is 24.3 Å². The predicted octanol–water partition coefficient (Wildman–Crippen LogP) is 2.66. The molecule has 1 aliphatic heterocycles. The van der Waals surface area contributed by atoms with Crippen molar-refractivity contribution in [3.8, 4) is 0 Å². The van der Waals surface area contributed by atoms with Gasteiger partial charge in [-0.3, -0.25) is 9.59 Å². The molecule has 5 nitrogen and oxygen atoms in total. The van der Waals surface area contributed by atoms with Gasteiger partial charge in [0.1, 0.15) is 5.82 Å². The number of likely N-dealkylation sites (tertiary alicyclic amines) is 1. The van der Waals surface area contributed by atoms with Crippen molar-refractivity contribution in [3.63, 3.8) is 0 Å². The van der Waals surface area contributed by atoms with Crippen LogP contribution in [0, 0.1) is 11.7 Å².